The standard InChI is InChI=1S/C25H35NO4S/c1-2-3-4-5-6-7-8-12-15-23-18-22-20-30-25(26-24(22)31(23)27)29-17-16-28-19-21-13-10-9-11-14-21/h9-11,13-14,18,20,25H,2-8,12,15-17,19H2,1H3. The van der Waals surface area contributed by atoms with Crippen LogP contribution in [0, 0.1) is 0 Å². The molecule has 0 N–H and O–H groups in total. The van der Waals surface area contributed by atoms with Gasteiger partial charge in [0.05, 0.1) is 26.1 Å². The summed E-state index contributed by atoms with van der Waals surface area (Å²) in [6, 6.07) is 10.0. The monoisotopic (exact) mass is 445 g/mol. The first kappa shape index (κ1) is 23.9. The zero-order valence-electron chi connectivity index (χ0n) is 18.6. The lowest BCUT2D eigenvalue weighted by Gasteiger charge is -2.18. The van der Waals surface area contributed by atoms with Gasteiger partial charge in [0.2, 0.25) is 0 Å². The van der Waals surface area contributed by atoms with Gasteiger partial charge in [-0.25, -0.2) is 9.20 Å². The van der Waals surface area contributed by atoms with Crippen LogP contribution in [0.4, 0.5) is 0 Å². The molecule has 1 aromatic carbocycles. The third-order valence-electron chi connectivity index (χ3n) is 5.39. The molecular formula is C25H35NO4S. The van der Waals surface area contributed by atoms with Gasteiger partial charge in [0.25, 0.3) is 0 Å². The SMILES string of the molecule is CCCCCCCCCCC1=CC2=COC(OCCOCc3ccccc3)N=C2S1=O. The molecule has 0 radical (unpaired) electrons. The van der Waals surface area contributed by atoms with E-state index in [1.165, 1.54) is 44.9 Å². The quantitative estimate of drug-likeness (QED) is 0.311. The fourth-order valence-electron chi connectivity index (χ4n) is 3.63. The first-order valence-corrected chi connectivity index (χ1v) is 12.7. The van der Waals surface area contributed by atoms with E-state index in [9.17, 15) is 4.21 Å². The van der Waals surface area contributed by atoms with Gasteiger partial charge in [-0.3, -0.25) is 0 Å². The molecule has 3 rings (SSSR count). The van der Waals surface area contributed by atoms with Gasteiger partial charge in [-0.15, -0.1) is 0 Å². The molecule has 0 bridgehead atoms. The predicted octanol–water partition coefficient (Wildman–Crippen LogP) is 5.99. The van der Waals surface area contributed by atoms with Crippen LogP contribution < -0.4 is 0 Å². The Bertz CT molecular complexity index is 788. The summed E-state index contributed by atoms with van der Waals surface area (Å²) in [7, 11) is -1.19. The lowest BCUT2D eigenvalue weighted by Crippen LogP contribution is -2.22. The number of fused-ring (bicyclic) bond motifs is 1. The largest absolute Gasteiger partial charge is 0.452 e. The number of rotatable bonds is 15. The number of ether oxygens (including phenoxy) is 3. The molecule has 2 heterocycles. The first-order chi connectivity index (χ1) is 15.3. The summed E-state index contributed by atoms with van der Waals surface area (Å²) >= 11 is 0. The predicted molar refractivity (Wildman–Crippen MR) is 126 cm³/mol. The van der Waals surface area contributed by atoms with Crippen LogP contribution in [0.1, 0.15) is 70.3 Å². The average Bonchev–Trinajstić information content (AvgIpc) is 3.11. The van der Waals surface area contributed by atoms with Crippen LogP contribution >= 0.6 is 0 Å². The maximum atomic E-state index is 12.8. The molecule has 0 saturated heterocycles. The minimum absolute atomic E-state index is 0.364. The Morgan fingerprint density at radius 3 is 2.52 bits per heavy atom. The van der Waals surface area contributed by atoms with Crippen LogP contribution in [-0.4, -0.2) is 28.9 Å². The fraction of sp³-hybridized carbons (Fsp3) is 0.560. The Labute approximate surface area is 189 Å². The van der Waals surface area contributed by atoms with Gasteiger partial charge >= 0.3 is 6.41 Å². The molecule has 2 atom stereocenters. The number of unbranched alkanes of at least 4 members (excludes halogenated alkanes) is 7. The van der Waals surface area contributed by atoms with E-state index in [0.717, 1.165) is 28.9 Å². The van der Waals surface area contributed by atoms with Gasteiger partial charge in [0.1, 0.15) is 15.8 Å². The van der Waals surface area contributed by atoms with Crippen molar-refractivity contribution >= 4 is 15.8 Å². The summed E-state index contributed by atoms with van der Waals surface area (Å²) in [6.45, 7) is 3.60. The zero-order chi connectivity index (χ0) is 21.7. The molecule has 170 valence electrons. The maximum Gasteiger partial charge on any atom is 0.302 e. The molecule has 5 nitrogen and oxygen atoms in total. The molecule has 1 aromatic rings. The maximum absolute atomic E-state index is 12.8. The van der Waals surface area contributed by atoms with Crippen molar-refractivity contribution in [1.29, 1.82) is 0 Å². The van der Waals surface area contributed by atoms with Crippen molar-refractivity contribution in [1.82, 2.24) is 0 Å². The molecule has 31 heavy (non-hydrogen) atoms. The highest BCUT2D eigenvalue weighted by Crippen LogP contribution is 2.29. The number of hydrogen-bond acceptors (Lipinski definition) is 5. The van der Waals surface area contributed by atoms with E-state index in [-0.39, 0.29) is 0 Å². The van der Waals surface area contributed by atoms with Crippen LogP contribution in [0.25, 0.3) is 0 Å². The molecule has 0 fully saturated rings. The summed E-state index contributed by atoms with van der Waals surface area (Å²) in [5, 5.41) is 0.580. The van der Waals surface area contributed by atoms with Crippen LogP contribution in [0.3, 0.4) is 0 Å². The summed E-state index contributed by atoms with van der Waals surface area (Å²) in [6.07, 6.45) is 13.9. The molecule has 2 aliphatic heterocycles. The summed E-state index contributed by atoms with van der Waals surface area (Å²) < 4.78 is 29.6. The van der Waals surface area contributed by atoms with E-state index in [0.29, 0.717) is 24.9 Å². The number of benzene rings is 1. The topological polar surface area (TPSA) is 57.1 Å². The number of hydrogen-bond donors (Lipinski definition) is 0. The third-order valence-corrected chi connectivity index (χ3v) is 6.88. The van der Waals surface area contributed by atoms with Gasteiger partial charge < -0.3 is 14.2 Å². The Morgan fingerprint density at radius 1 is 1.00 bits per heavy atom. The molecule has 6 heteroatoms. The van der Waals surface area contributed by atoms with E-state index in [1.807, 2.05) is 36.4 Å². The molecule has 0 amide bonds. The van der Waals surface area contributed by atoms with Crippen LogP contribution in [-0.2, 0) is 31.6 Å². The van der Waals surface area contributed by atoms with Crippen molar-refractivity contribution in [2.45, 2.75) is 77.7 Å². The second kappa shape index (κ2) is 13.6. The third kappa shape index (κ3) is 8.02. The molecule has 0 aromatic heterocycles. The number of aliphatic imine (C=N–C) groups is 1. The Balaban J connectivity index is 1.31. The molecular weight excluding hydrogens is 410 g/mol. The zero-order valence-corrected chi connectivity index (χ0v) is 19.4. The van der Waals surface area contributed by atoms with Gasteiger partial charge in [0.15, 0.2) is 0 Å². The second-order valence-corrected chi connectivity index (χ2v) is 9.41. The molecule has 2 aliphatic rings. The molecule has 0 spiro atoms. The van der Waals surface area contributed by atoms with E-state index in [1.54, 1.807) is 6.26 Å². The summed E-state index contributed by atoms with van der Waals surface area (Å²) in [5.74, 6) is 0. The van der Waals surface area contributed by atoms with Gasteiger partial charge in [-0.05, 0) is 24.5 Å². The van der Waals surface area contributed by atoms with Gasteiger partial charge in [-0.1, -0.05) is 82.2 Å². The minimum atomic E-state index is -1.19. The van der Waals surface area contributed by atoms with Crippen LogP contribution in [0.2, 0.25) is 0 Å². The van der Waals surface area contributed by atoms with Crippen molar-refractivity contribution in [3.8, 4) is 0 Å². The Kier molecular flexibility index (Phi) is 10.5. The van der Waals surface area contributed by atoms with Crippen molar-refractivity contribution in [2.24, 2.45) is 4.99 Å². The average molecular weight is 446 g/mol. The van der Waals surface area contributed by atoms with E-state index in [2.05, 4.69) is 11.9 Å². The van der Waals surface area contributed by atoms with E-state index < -0.39 is 17.2 Å². The Hall–Kier alpha value is -1.76. The number of allylic oxidation sites excluding steroid dienone is 2. The van der Waals surface area contributed by atoms with Crippen molar-refractivity contribution < 1.29 is 18.4 Å². The van der Waals surface area contributed by atoms with Crippen molar-refractivity contribution in [3.05, 3.63) is 58.7 Å². The van der Waals surface area contributed by atoms with Crippen LogP contribution in [0.5, 0.6) is 0 Å². The van der Waals surface area contributed by atoms with Crippen LogP contribution in [0.15, 0.2) is 58.1 Å². The first-order valence-electron chi connectivity index (χ1n) is 11.6. The van der Waals surface area contributed by atoms with Crippen molar-refractivity contribution in [2.75, 3.05) is 13.2 Å². The minimum Gasteiger partial charge on any atom is -0.452 e. The molecule has 2 unspecified atom stereocenters. The van der Waals surface area contributed by atoms with E-state index in [4.69, 9.17) is 14.2 Å². The Morgan fingerprint density at radius 2 is 1.74 bits per heavy atom. The number of nitrogens with zero attached hydrogens (tertiary/aromatic N) is 1. The fourth-order valence-corrected chi connectivity index (χ4v) is 4.95. The normalized spacial score (nSPS) is 20.0. The van der Waals surface area contributed by atoms with Gasteiger partial charge in [-0.2, -0.15) is 0 Å². The van der Waals surface area contributed by atoms with Gasteiger partial charge in [0, 0.05) is 10.5 Å². The highest BCUT2D eigenvalue weighted by molar-refractivity contribution is 8.05. The second-order valence-electron chi connectivity index (χ2n) is 7.96. The highest BCUT2D eigenvalue weighted by atomic mass is 32.2. The molecule has 0 aliphatic carbocycles. The van der Waals surface area contributed by atoms with Crippen molar-refractivity contribution in [3.63, 3.8) is 0 Å². The highest BCUT2D eigenvalue weighted by Gasteiger charge is 2.30. The lowest BCUT2D eigenvalue weighted by atomic mass is 10.1. The summed E-state index contributed by atoms with van der Waals surface area (Å²) in [5.41, 5.74) is 1.94. The lowest BCUT2D eigenvalue weighted by molar-refractivity contribution is -0.114. The smallest absolute Gasteiger partial charge is 0.302 e. The molecule has 0 saturated carbocycles. The summed E-state index contributed by atoms with van der Waals surface area (Å²) in [4.78, 5) is 5.36. The van der Waals surface area contributed by atoms with E-state index >= 15 is 0 Å².